The number of benzene rings is 2. The number of aromatic amines is 1. The molecule has 4 rings (SSSR count). The highest BCUT2D eigenvalue weighted by atomic mass is 35.5. The highest BCUT2D eigenvalue weighted by molar-refractivity contribution is 6.31. The highest BCUT2D eigenvalue weighted by Crippen LogP contribution is 2.36. The number of halogens is 1. The smallest absolute Gasteiger partial charge is 0.308 e. The van der Waals surface area contributed by atoms with E-state index in [1.807, 2.05) is 41.3 Å². The van der Waals surface area contributed by atoms with Gasteiger partial charge in [0.15, 0.2) is 0 Å². The van der Waals surface area contributed by atoms with E-state index < -0.39 is 11.9 Å². The first-order valence-electron chi connectivity index (χ1n) is 8.93. The maximum Gasteiger partial charge on any atom is 0.308 e. The number of anilines is 1. The second-order valence-electron chi connectivity index (χ2n) is 6.86. The minimum atomic E-state index is -0.818. The van der Waals surface area contributed by atoms with Crippen LogP contribution in [-0.4, -0.2) is 29.1 Å². The van der Waals surface area contributed by atoms with Gasteiger partial charge in [-0.3, -0.25) is 9.59 Å². The van der Waals surface area contributed by atoms with E-state index in [2.05, 4.69) is 4.98 Å². The van der Waals surface area contributed by atoms with Crippen LogP contribution in [0.3, 0.4) is 0 Å². The maximum absolute atomic E-state index is 13.0. The summed E-state index contributed by atoms with van der Waals surface area (Å²) in [5.74, 6) is -1.29. The van der Waals surface area contributed by atoms with Gasteiger partial charge in [-0.2, -0.15) is 0 Å². The van der Waals surface area contributed by atoms with E-state index in [1.54, 1.807) is 12.1 Å². The van der Waals surface area contributed by atoms with Gasteiger partial charge in [-0.25, -0.2) is 0 Å². The average molecular weight is 383 g/mol. The highest BCUT2D eigenvalue weighted by Gasteiger charge is 2.29. The van der Waals surface area contributed by atoms with Crippen LogP contribution in [0.15, 0.2) is 53.3 Å². The summed E-state index contributed by atoms with van der Waals surface area (Å²) in [5.41, 5.74) is 2.71. The zero-order chi connectivity index (χ0) is 19.0. The number of carbonyl (C=O) groups is 1. The molecule has 0 aliphatic carbocycles. The lowest BCUT2D eigenvalue weighted by atomic mass is 9.94. The van der Waals surface area contributed by atoms with Crippen molar-refractivity contribution in [2.24, 2.45) is 5.92 Å². The van der Waals surface area contributed by atoms with E-state index in [1.165, 1.54) is 0 Å². The van der Waals surface area contributed by atoms with Crippen LogP contribution >= 0.6 is 11.6 Å². The minimum absolute atomic E-state index is 0.213. The number of aliphatic carboxylic acids is 1. The first kappa shape index (κ1) is 17.6. The summed E-state index contributed by atoms with van der Waals surface area (Å²) in [6.45, 7) is 0.975. The normalized spacial score (nSPS) is 17.2. The summed E-state index contributed by atoms with van der Waals surface area (Å²) in [6, 6.07) is 15.1. The summed E-state index contributed by atoms with van der Waals surface area (Å²) < 4.78 is 0. The van der Waals surface area contributed by atoms with Gasteiger partial charge in [0, 0.05) is 34.6 Å². The molecule has 138 valence electrons. The van der Waals surface area contributed by atoms with E-state index in [0.717, 1.165) is 22.9 Å². The van der Waals surface area contributed by atoms with Crippen LogP contribution in [0.4, 0.5) is 5.69 Å². The molecule has 6 heteroatoms. The van der Waals surface area contributed by atoms with Crippen molar-refractivity contribution in [3.05, 3.63) is 63.9 Å². The molecule has 0 unspecified atom stereocenters. The maximum atomic E-state index is 13.0. The van der Waals surface area contributed by atoms with Crippen LogP contribution in [0.2, 0.25) is 5.02 Å². The number of hydrogen-bond acceptors (Lipinski definition) is 3. The van der Waals surface area contributed by atoms with Crippen LogP contribution < -0.4 is 10.5 Å². The van der Waals surface area contributed by atoms with Gasteiger partial charge in [-0.1, -0.05) is 41.9 Å². The molecule has 1 saturated heterocycles. The van der Waals surface area contributed by atoms with Gasteiger partial charge in [0.05, 0.1) is 5.92 Å². The molecule has 0 amide bonds. The zero-order valence-electron chi connectivity index (χ0n) is 14.6. The van der Waals surface area contributed by atoms with Crippen molar-refractivity contribution in [2.45, 2.75) is 12.8 Å². The molecule has 2 aromatic carbocycles. The number of pyridine rings is 1. The molecule has 0 spiro atoms. The Hall–Kier alpha value is -2.79. The Morgan fingerprint density at radius 3 is 2.70 bits per heavy atom. The van der Waals surface area contributed by atoms with Crippen LogP contribution in [0.1, 0.15) is 12.8 Å². The zero-order valence-corrected chi connectivity index (χ0v) is 15.4. The third-order valence-corrected chi connectivity index (χ3v) is 5.34. The SMILES string of the molecule is O=C(O)[C@@H]1CCCN(c2c(-c3ccccc3)c3cc(Cl)ccc3[nH]c2=O)C1. The van der Waals surface area contributed by atoms with Crippen LogP contribution in [0, 0.1) is 5.92 Å². The molecular weight excluding hydrogens is 364 g/mol. The Bertz CT molecular complexity index is 1060. The number of H-pyrrole nitrogens is 1. The summed E-state index contributed by atoms with van der Waals surface area (Å²) in [4.78, 5) is 29.3. The topological polar surface area (TPSA) is 73.4 Å². The van der Waals surface area contributed by atoms with Gasteiger partial charge < -0.3 is 15.0 Å². The Balaban J connectivity index is 1.98. The average Bonchev–Trinajstić information content (AvgIpc) is 2.68. The quantitative estimate of drug-likeness (QED) is 0.713. The summed E-state index contributed by atoms with van der Waals surface area (Å²) in [5, 5.41) is 10.9. The molecule has 2 heterocycles. The fraction of sp³-hybridized carbons (Fsp3) is 0.238. The second kappa shape index (κ2) is 7.08. The first-order valence-corrected chi connectivity index (χ1v) is 9.31. The summed E-state index contributed by atoms with van der Waals surface area (Å²) in [7, 11) is 0. The fourth-order valence-corrected chi connectivity index (χ4v) is 4.01. The van der Waals surface area contributed by atoms with Gasteiger partial charge in [0.2, 0.25) is 0 Å². The van der Waals surface area contributed by atoms with Crippen molar-refractivity contribution >= 4 is 34.2 Å². The largest absolute Gasteiger partial charge is 0.481 e. The number of carboxylic acids is 1. The van der Waals surface area contributed by atoms with E-state index in [-0.39, 0.29) is 5.56 Å². The van der Waals surface area contributed by atoms with Crippen LogP contribution in [0.5, 0.6) is 0 Å². The van der Waals surface area contributed by atoms with E-state index >= 15 is 0 Å². The Kier molecular flexibility index (Phi) is 4.62. The van der Waals surface area contributed by atoms with Crippen molar-refractivity contribution in [3.63, 3.8) is 0 Å². The molecule has 0 radical (unpaired) electrons. The van der Waals surface area contributed by atoms with Crippen molar-refractivity contribution in [1.82, 2.24) is 4.98 Å². The van der Waals surface area contributed by atoms with E-state index in [9.17, 15) is 14.7 Å². The molecule has 2 N–H and O–H groups in total. The number of hydrogen-bond donors (Lipinski definition) is 2. The Morgan fingerprint density at radius 1 is 1.19 bits per heavy atom. The molecule has 1 aliphatic rings. The van der Waals surface area contributed by atoms with E-state index in [4.69, 9.17) is 11.6 Å². The van der Waals surface area contributed by atoms with Crippen molar-refractivity contribution < 1.29 is 9.90 Å². The second-order valence-corrected chi connectivity index (χ2v) is 7.29. The lowest BCUT2D eigenvalue weighted by Gasteiger charge is -2.33. The van der Waals surface area contributed by atoms with Crippen molar-refractivity contribution in [1.29, 1.82) is 0 Å². The number of fused-ring (bicyclic) bond motifs is 1. The molecule has 5 nitrogen and oxygen atoms in total. The third kappa shape index (κ3) is 3.30. The monoisotopic (exact) mass is 382 g/mol. The van der Waals surface area contributed by atoms with Crippen molar-refractivity contribution in [3.8, 4) is 11.1 Å². The molecule has 27 heavy (non-hydrogen) atoms. The molecule has 1 atom stereocenters. The summed E-state index contributed by atoms with van der Waals surface area (Å²) in [6.07, 6.45) is 1.36. The number of carboxylic acid groups (broad SMARTS) is 1. The number of nitrogens with one attached hydrogen (secondary N) is 1. The molecule has 1 fully saturated rings. The predicted octanol–water partition coefficient (Wildman–Crippen LogP) is 4.15. The molecular formula is C21H19ClN2O3. The summed E-state index contributed by atoms with van der Waals surface area (Å²) >= 11 is 6.24. The molecule has 3 aromatic rings. The lowest BCUT2D eigenvalue weighted by molar-refractivity contribution is -0.141. The van der Waals surface area contributed by atoms with E-state index in [0.29, 0.717) is 35.7 Å². The van der Waals surface area contributed by atoms with Gasteiger partial charge in [0.1, 0.15) is 5.69 Å². The Labute approximate surface area is 161 Å². The standard InChI is InChI=1S/C21H19ClN2O3/c22-15-8-9-17-16(11-15)18(13-5-2-1-3-6-13)19(20(25)23-17)24-10-4-7-14(12-24)21(26)27/h1-3,5-6,8-9,11,14H,4,7,10,12H2,(H,23,25)(H,26,27)/t14-/m1/s1. The number of aromatic nitrogens is 1. The minimum Gasteiger partial charge on any atom is -0.481 e. The first-order chi connectivity index (χ1) is 13.0. The van der Waals surface area contributed by atoms with Crippen LogP contribution in [-0.2, 0) is 4.79 Å². The van der Waals surface area contributed by atoms with Gasteiger partial charge in [-0.05, 0) is 36.6 Å². The number of nitrogens with zero attached hydrogens (tertiary/aromatic N) is 1. The van der Waals surface area contributed by atoms with Gasteiger partial charge >= 0.3 is 5.97 Å². The van der Waals surface area contributed by atoms with Gasteiger partial charge in [0.25, 0.3) is 5.56 Å². The number of piperidine rings is 1. The molecule has 1 aliphatic heterocycles. The molecule has 1 aromatic heterocycles. The van der Waals surface area contributed by atoms with Crippen LogP contribution in [0.25, 0.3) is 22.0 Å². The van der Waals surface area contributed by atoms with Crippen molar-refractivity contribution in [2.75, 3.05) is 18.0 Å². The molecule has 0 saturated carbocycles. The fourth-order valence-electron chi connectivity index (χ4n) is 3.84. The predicted molar refractivity (Wildman–Crippen MR) is 108 cm³/mol. The number of rotatable bonds is 3. The molecule has 0 bridgehead atoms. The third-order valence-electron chi connectivity index (χ3n) is 5.10. The lowest BCUT2D eigenvalue weighted by Crippen LogP contribution is -2.41. The van der Waals surface area contributed by atoms with Gasteiger partial charge in [-0.15, -0.1) is 0 Å². The Morgan fingerprint density at radius 2 is 1.96 bits per heavy atom.